The van der Waals surface area contributed by atoms with Crippen molar-refractivity contribution >= 4 is 5.91 Å². The molecule has 0 saturated carbocycles. The molecule has 0 aliphatic rings. The lowest BCUT2D eigenvalue weighted by molar-refractivity contribution is -0.131. The van der Waals surface area contributed by atoms with Crippen LogP contribution in [0.25, 0.3) is 0 Å². The molecule has 2 unspecified atom stereocenters. The summed E-state index contributed by atoms with van der Waals surface area (Å²) in [5.74, 6) is -1.91. The van der Waals surface area contributed by atoms with Crippen LogP contribution in [0.2, 0.25) is 0 Å². The summed E-state index contributed by atoms with van der Waals surface area (Å²) in [4.78, 5) is 11.7. The van der Waals surface area contributed by atoms with E-state index in [4.69, 9.17) is 10.5 Å². The van der Waals surface area contributed by atoms with Crippen LogP contribution in [0.15, 0.2) is 18.2 Å². The SMILES string of the molecule is COC(CN)C(=O)NC(C)c1c(F)cccc1F. The molecule has 1 aromatic rings. The van der Waals surface area contributed by atoms with E-state index < -0.39 is 29.7 Å². The zero-order valence-corrected chi connectivity index (χ0v) is 10.2. The number of nitrogens with two attached hydrogens (primary N) is 1. The zero-order chi connectivity index (χ0) is 13.7. The van der Waals surface area contributed by atoms with E-state index in [1.165, 1.54) is 20.1 Å². The van der Waals surface area contributed by atoms with E-state index in [2.05, 4.69) is 5.32 Å². The fourth-order valence-corrected chi connectivity index (χ4v) is 1.61. The van der Waals surface area contributed by atoms with Crippen LogP contribution in [-0.2, 0) is 9.53 Å². The van der Waals surface area contributed by atoms with Crippen LogP contribution in [0.1, 0.15) is 18.5 Å². The Balaban J connectivity index is 2.82. The van der Waals surface area contributed by atoms with E-state index in [1.807, 2.05) is 0 Å². The Bertz CT molecular complexity index is 402. The van der Waals surface area contributed by atoms with E-state index in [9.17, 15) is 13.6 Å². The second-order valence-corrected chi connectivity index (χ2v) is 3.83. The Morgan fingerprint density at radius 3 is 2.44 bits per heavy atom. The third kappa shape index (κ3) is 3.24. The van der Waals surface area contributed by atoms with Gasteiger partial charge in [-0.15, -0.1) is 0 Å². The summed E-state index contributed by atoms with van der Waals surface area (Å²) < 4.78 is 31.8. The number of methoxy groups -OCH3 is 1. The number of carbonyl (C=O) groups excluding carboxylic acids is 1. The Morgan fingerprint density at radius 2 is 2.00 bits per heavy atom. The van der Waals surface area contributed by atoms with Crippen molar-refractivity contribution in [2.75, 3.05) is 13.7 Å². The standard InChI is InChI=1S/C12H16F2N2O2/c1-7(16-12(17)10(6-15)18-2)11-8(13)4-3-5-9(11)14/h3-5,7,10H,6,15H2,1-2H3,(H,16,17). The minimum Gasteiger partial charge on any atom is -0.370 e. The summed E-state index contributed by atoms with van der Waals surface area (Å²) in [6.45, 7) is 1.48. The first-order valence-electron chi connectivity index (χ1n) is 5.48. The first kappa shape index (κ1) is 14.5. The second kappa shape index (κ2) is 6.42. The van der Waals surface area contributed by atoms with E-state index >= 15 is 0 Å². The van der Waals surface area contributed by atoms with Crippen LogP contribution in [0.3, 0.4) is 0 Å². The summed E-state index contributed by atoms with van der Waals surface area (Å²) in [6, 6.07) is 2.73. The summed E-state index contributed by atoms with van der Waals surface area (Å²) in [6.07, 6.45) is -0.831. The molecule has 0 fully saturated rings. The average molecular weight is 258 g/mol. The smallest absolute Gasteiger partial charge is 0.250 e. The fourth-order valence-electron chi connectivity index (χ4n) is 1.61. The molecule has 0 radical (unpaired) electrons. The van der Waals surface area contributed by atoms with Crippen LogP contribution in [0, 0.1) is 11.6 Å². The van der Waals surface area contributed by atoms with Gasteiger partial charge in [-0.25, -0.2) is 8.78 Å². The summed E-state index contributed by atoms with van der Waals surface area (Å²) >= 11 is 0. The number of hydrogen-bond acceptors (Lipinski definition) is 3. The molecule has 4 nitrogen and oxygen atoms in total. The molecule has 100 valence electrons. The molecule has 0 aliphatic carbocycles. The third-order valence-electron chi connectivity index (χ3n) is 2.58. The van der Waals surface area contributed by atoms with Crippen LogP contribution in [0.4, 0.5) is 8.78 Å². The maximum Gasteiger partial charge on any atom is 0.250 e. The maximum absolute atomic E-state index is 13.5. The predicted octanol–water partition coefficient (Wildman–Crippen LogP) is 1.12. The summed E-state index contributed by atoms with van der Waals surface area (Å²) in [5.41, 5.74) is 5.14. The number of carbonyl (C=O) groups is 1. The number of amides is 1. The van der Waals surface area contributed by atoms with Crippen molar-refractivity contribution in [1.82, 2.24) is 5.32 Å². The van der Waals surface area contributed by atoms with Crippen LogP contribution in [0.5, 0.6) is 0 Å². The highest BCUT2D eigenvalue weighted by atomic mass is 19.1. The Kier molecular flexibility index (Phi) is 5.18. The van der Waals surface area contributed by atoms with E-state index in [1.54, 1.807) is 0 Å². The molecule has 0 heterocycles. The lowest BCUT2D eigenvalue weighted by Gasteiger charge is -2.19. The molecule has 18 heavy (non-hydrogen) atoms. The normalized spacial score (nSPS) is 14.1. The van der Waals surface area contributed by atoms with Crippen molar-refractivity contribution in [2.24, 2.45) is 5.73 Å². The van der Waals surface area contributed by atoms with Gasteiger partial charge in [0.1, 0.15) is 17.7 Å². The number of hydrogen-bond donors (Lipinski definition) is 2. The number of nitrogens with one attached hydrogen (secondary N) is 1. The molecular weight excluding hydrogens is 242 g/mol. The molecule has 1 amide bonds. The monoisotopic (exact) mass is 258 g/mol. The fraction of sp³-hybridized carbons (Fsp3) is 0.417. The van der Waals surface area contributed by atoms with Crippen LogP contribution < -0.4 is 11.1 Å². The molecule has 6 heteroatoms. The topological polar surface area (TPSA) is 64.3 Å². The van der Waals surface area contributed by atoms with Crippen LogP contribution >= 0.6 is 0 Å². The Morgan fingerprint density at radius 1 is 1.44 bits per heavy atom. The summed E-state index contributed by atoms with van der Waals surface area (Å²) in [5, 5.41) is 2.46. The second-order valence-electron chi connectivity index (χ2n) is 3.83. The third-order valence-corrected chi connectivity index (χ3v) is 2.58. The highest BCUT2D eigenvalue weighted by Crippen LogP contribution is 2.20. The predicted molar refractivity (Wildman–Crippen MR) is 62.8 cm³/mol. The van der Waals surface area contributed by atoms with Crippen molar-refractivity contribution in [3.05, 3.63) is 35.4 Å². The molecule has 0 spiro atoms. The van der Waals surface area contributed by atoms with Crippen molar-refractivity contribution in [2.45, 2.75) is 19.1 Å². The van der Waals surface area contributed by atoms with Crippen molar-refractivity contribution in [1.29, 1.82) is 0 Å². The minimum atomic E-state index is -0.831. The van der Waals surface area contributed by atoms with Crippen molar-refractivity contribution in [3.63, 3.8) is 0 Å². The molecule has 1 rings (SSSR count). The van der Waals surface area contributed by atoms with Gasteiger partial charge in [-0.05, 0) is 19.1 Å². The lowest BCUT2D eigenvalue weighted by Crippen LogP contribution is -2.41. The van der Waals surface area contributed by atoms with Gasteiger partial charge in [0.2, 0.25) is 0 Å². The highest BCUT2D eigenvalue weighted by molar-refractivity contribution is 5.81. The largest absolute Gasteiger partial charge is 0.370 e. The summed E-state index contributed by atoms with van der Waals surface area (Å²) in [7, 11) is 1.34. The maximum atomic E-state index is 13.5. The van der Waals surface area contributed by atoms with Gasteiger partial charge in [0.05, 0.1) is 6.04 Å². The number of benzene rings is 1. The average Bonchev–Trinajstić information content (AvgIpc) is 2.30. The molecule has 1 aromatic carbocycles. The molecular formula is C12H16F2N2O2. The molecule has 0 bridgehead atoms. The van der Waals surface area contributed by atoms with Crippen molar-refractivity contribution in [3.8, 4) is 0 Å². The van der Waals surface area contributed by atoms with Crippen molar-refractivity contribution < 1.29 is 18.3 Å². The number of rotatable bonds is 5. The molecule has 0 aromatic heterocycles. The van der Waals surface area contributed by atoms with Gasteiger partial charge < -0.3 is 15.8 Å². The van der Waals surface area contributed by atoms with Gasteiger partial charge in [-0.1, -0.05) is 6.07 Å². The Labute approximate surface area is 104 Å². The Hall–Kier alpha value is -1.53. The van der Waals surface area contributed by atoms with Gasteiger partial charge >= 0.3 is 0 Å². The van der Waals surface area contributed by atoms with Crippen LogP contribution in [-0.4, -0.2) is 25.7 Å². The molecule has 0 aliphatic heterocycles. The van der Waals surface area contributed by atoms with E-state index in [0.717, 1.165) is 12.1 Å². The van der Waals surface area contributed by atoms with Gasteiger partial charge in [0.25, 0.3) is 5.91 Å². The lowest BCUT2D eigenvalue weighted by atomic mass is 10.1. The number of ether oxygens (including phenoxy) is 1. The minimum absolute atomic E-state index is 0.00515. The molecule has 0 saturated heterocycles. The molecule has 2 atom stereocenters. The van der Waals surface area contributed by atoms with Gasteiger partial charge in [-0.3, -0.25) is 4.79 Å². The first-order chi connectivity index (χ1) is 8.51. The van der Waals surface area contributed by atoms with E-state index in [0.29, 0.717) is 0 Å². The van der Waals surface area contributed by atoms with Gasteiger partial charge in [0.15, 0.2) is 0 Å². The number of halogens is 2. The zero-order valence-electron chi connectivity index (χ0n) is 10.2. The quantitative estimate of drug-likeness (QED) is 0.831. The molecule has 3 N–H and O–H groups in total. The van der Waals surface area contributed by atoms with Gasteiger partial charge in [-0.2, -0.15) is 0 Å². The van der Waals surface area contributed by atoms with Gasteiger partial charge in [0, 0.05) is 19.2 Å². The van der Waals surface area contributed by atoms with E-state index in [-0.39, 0.29) is 12.1 Å². The first-order valence-corrected chi connectivity index (χ1v) is 5.48. The highest BCUT2D eigenvalue weighted by Gasteiger charge is 2.22.